The second-order valence-corrected chi connectivity index (χ2v) is 10.4. The molecule has 40 heavy (non-hydrogen) atoms. The molecule has 11 nitrogen and oxygen atoms in total. The van der Waals surface area contributed by atoms with Crippen molar-refractivity contribution in [2.45, 2.75) is 71.5 Å². The molecule has 0 spiro atoms. The predicted molar refractivity (Wildman–Crippen MR) is 150 cm³/mol. The quantitative estimate of drug-likeness (QED) is 0.192. The summed E-state index contributed by atoms with van der Waals surface area (Å²) in [6.07, 6.45) is 1.04. The van der Waals surface area contributed by atoms with Crippen molar-refractivity contribution in [2.24, 2.45) is 17.6 Å². The van der Waals surface area contributed by atoms with E-state index < -0.39 is 36.0 Å². The molecular weight excluding hydrogens is 518 g/mol. The summed E-state index contributed by atoms with van der Waals surface area (Å²) in [7, 11) is 0. The highest BCUT2D eigenvalue weighted by atomic mass is 16.4. The number of hydrogen-bond acceptors (Lipinski definition) is 7. The van der Waals surface area contributed by atoms with Crippen molar-refractivity contribution in [1.82, 2.24) is 10.6 Å². The van der Waals surface area contributed by atoms with Gasteiger partial charge in [0, 0.05) is 12.8 Å². The number of nitrogens with one attached hydrogen (secondary N) is 2. The molecule has 0 bridgehead atoms. The molecule has 0 aromatic heterocycles. The van der Waals surface area contributed by atoms with Gasteiger partial charge in [-0.05, 0) is 60.1 Å². The fraction of sp³-hybridized carbons (Fsp3) is 0.448. The molecule has 0 radical (unpaired) electrons. The topological polar surface area (TPSA) is 199 Å². The van der Waals surface area contributed by atoms with Crippen molar-refractivity contribution < 1.29 is 39.6 Å². The SMILES string of the molecule is CC(C)CC(=O)NC(Cc1ccc(O)cc1)C(=O)NC(CC(C)C)C(=O)O.NC(Cc1ccc(O)cc1)C(=O)O. The molecular formula is C29H41N3O8. The first-order valence-electron chi connectivity index (χ1n) is 13.0. The number of nitrogens with two attached hydrogens (primary N) is 1. The van der Waals surface area contributed by atoms with Gasteiger partial charge in [0.25, 0.3) is 0 Å². The van der Waals surface area contributed by atoms with Gasteiger partial charge in [-0.15, -0.1) is 0 Å². The zero-order valence-corrected chi connectivity index (χ0v) is 23.3. The van der Waals surface area contributed by atoms with Crippen LogP contribution in [0.3, 0.4) is 0 Å². The minimum absolute atomic E-state index is 0.0949. The summed E-state index contributed by atoms with van der Waals surface area (Å²) in [4.78, 5) is 46.7. The second-order valence-electron chi connectivity index (χ2n) is 10.4. The molecule has 2 aromatic rings. The summed E-state index contributed by atoms with van der Waals surface area (Å²) >= 11 is 0. The molecule has 8 N–H and O–H groups in total. The summed E-state index contributed by atoms with van der Waals surface area (Å²) in [6.45, 7) is 7.55. The Morgan fingerprint density at radius 2 is 1.18 bits per heavy atom. The van der Waals surface area contributed by atoms with E-state index in [0.29, 0.717) is 6.42 Å². The van der Waals surface area contributed by atoms with Crippen molar-refractivity contribution in [1.29, 1.82) is 0 Å². The second kappa shape index (κ2) is 16.8. The van der Waals surface area contributed by atoms with Crippen LogP contribution in [0.2, 0.25) is 0 Å². The zero-order valence-electron chi connectivity index (χ0n) is 23.3. The predicted octanol–water partition coefficient (Wildman–Crippen LogP) is 2.43. The molecule has 0 aliphatic heterocycles. The number of carbonyl (C=O) groups is 4. The molecule has 0 aliphatic rings. The van der Waals surface area contributed by atoms with Gasteiger partial charge in [0.1, 0.15) is 29.6 Å². The third-order valence-electron chi connectivity index (χ3n) is 5.65. The molecule has 2 aromatic carbocycles. The number of carbonyl (C=O) groups excluding carboxylic acids is 2. The third-order valence-corrected chi connectivity index (χ3v) is 5.65. The van der Waals surface area contributed by atoms with Gasteiger partial charge in [-0.25, -0.2) is 4.79 Å². The average molecular weight is 560 g/mol. The zero-order chi connectivity index (χ0) is 30.4. The highest BCUT2D eigenvalue weighted by molar-refractivity contribution is 5.90. The minimum Gasteiger partial charge on any atom is -0.508 e. The Morgan fingerprint density at radius 3 is 1.57 bits per heavy atom. The maximum Gasteiger partial charge on any atom is 0.326 e. The van der Waals surface area contributed by atoms with Crippen molar-refractivity contribution in [2.75, 3.05) is 0 Å². The van der Waals surface area contributed by atoms with E-state index in [-0.39, 0.29) is 48.5 Å². The first kappa shape index (κ1) is 33.9. The molecule has 2 amide bonds. The number of rotatable bonds is 13. The molecule has 0 heterocycles. The standard InChI is InChI=1S/C20H30N2O5.C9H11NO3/c1-12(2)9-17(20(26)27)22-19(25)16(21-18(24)10-13(3)4)11-14-5-7-15(23)8-6-14;10-8(9(12)13)5-6-1-3-7(11)4-2-6/h5-8,12-13,16-17,23H,9-11H2,1-4H3,(H,21,24)(H,22,25)(H,26,27);1-4,8,11H,5,10H2,(H,12,13). The Labute approximate surface area is 234 Å². The van der Waals surface area contributed by atoms with Crippen LogP contribution >= 0.6 is 0 Å². The van der Waals surface area contributed by atoms with Crippen LogP contribution in [0.5, 0.6) is 11.5 Å². The monoisotopic (exact) mass is 559 g/mol. The van der Waals surface area contributed by atoms with Crippen LogP contribution in [-0.2, 0) is 32.0 Å². The molecule has 11 heteroatoms. The molecule has 0 fully saturated rings. The minimum atomic E-state index is -1.10. The van der Waals surface area contributed by atoms with Crippen LogP contribution in [0.1, 0.15) is 51.7 Å². The third kappa shape index (κ3) is 13.6. The fourth-order valence-corrected chi connectivity index (χ4v) is 3.64. The highest BCUT2D eigenvalue weighted by Gasteiger charge is 2.27. The van der Waals surface area contributed by atoms with E-state index in [1.165, 1.54) is 24.3 Å². The molecule has 0 saturated carbocycles. The number of aliphatic carboxylic acids is 2. The van der Waals surface area contributed by atoms with E-state index in [0.717, 1.165) is 11.1 Å². The Hall–Kier alpha value is -4.12. The first-order valence-corrected chi connectivity index (χ1v) is 13.0. The van der Waals surface area contributed by atoms with Gasteiger partial charge < -0.3 is 36.8 Å². The van der Waals surface area contributed by atoms with Crippen LogP contribution in [0.4, 0.5) is 0 Å². The Kier molecular flexibility index (Phi) is 14.2. The maximum atomic E-state index is 12.7. The molecule has 0 aliphatic carbocycles. The van der Waals surface area contributed by atoms with Crippen LogP contribution in [-0.4, -0.2) is 62.3 Å². The summed E-state index contributed by atoms with van der Waals surface area (Å²) in [6, 6.07) is 9.84. The van der Waals surface area contributed by atoms with Crippen molar-refractivity contribution in [3.05, 3.63) is 59.7 Å². The number of carboxylic acids is 2. The lowest BCUT2D eigenvalue weighted by atomic mass is 10.0. The summed E-state index contributed by atoms with van der Waals surface area (Å²) in [5.74, 6) is -2.43. The highest BCUT2D eigenvalue weighted by Crippen LogP contribution is 2.13. The number of hydrogen-bond donors (Lipinski definition) is 7. The van der Waals surface area contributed by atoms with Gasteiger partial charge in [-0.1, -0.05) is 52.0 Å². The summed E-state index contributed by atoms with van der Waals surface area (Å²) in [5, 5.41) is 41.5. The number of aromatic hydroxyl groups is 2. The van der Waals surface area contributed by atoms with Gasteiger partial charge in [0.05, 0.1) is 0 Å². The van der Waals surface area contributed by atoms with Crippen molar-refractivity contribution in [3.63, 3.8) is 0 Å². The normalized spacial score (nSPS) is 13.0. The molecule has 0 saturated heterocycles. The largest absolute Gasteiger partial charge is 0.508 e. The van der Waals surface area contributed by atoms with E-state index in [1.54, 1.807) is 24.3 Å². The van der Waals surface area contributed by atoms with Crippen LogP contribution in [0.25, 0.3) is 0 Å². The maximum absolute atomic E-state index is 12.7. The number of phenolic OH excluding ortho intramolecular Hbond substituents is 2. The Bertz CT molecular complexity index is 1100. The van der Waals surface area contributed by atoms with E-state index >= 15 is 0 Å². The van der Waals surface area contributed by atoms with E-state index in [9.17, 15) is 29.4 Å². The van der Waals surface area contributed by atoms with Gasteiger partial charge in [-0.2, -0.15) is 0 Å². The first-order chi connectivity index (χ1) is 18.7. The number of benzene rings is 2. The Balaban J connectivity index is 0.000000512. The van der Waals surface area contributed by atoms with Crippen molar-refractivity contribution in [3.8, 4) is 11.5 Å². The Morgan fingerprint density at radius 1 is 0.700 bits per heavy atom. The van der Waals surface area contributed by atoms with Gasteiger partial charge >= 0.3 is 11.9 Å². The van der Waals surface area contributed by atoms with Crippen LogP contribution < -0.4 is 16.4 Å². The lowest BCUT2D eigenvalue weighted by Gasteiger charge is -2.23. The molecule has 220 valence electrons. The number of phenols is 2. The van der Waals surface area contributed by atoms with E-state index in [4.69, 9.17) is 15.9 Å². The smallest absolute Gasteiger partial charge is 0.326 e. The molecule has 3 unspecified atom stereocenters. The summed E-state index contributed by atoms with van der Waals surface area (Å²) < 4.78 is 0. The van der Waals surface area contributed by atoms with Crippen molar-refractivity contribution >= 4 is 23.8 Å². The fourth-order valence-electron chi connectivity index (χ4n) is 3.64. The lowest BCUT2D eigenvalue weighted by molar-refractivity contribution is -0.142. The van der Waals surface area contributed by atoms with Gasteiger partial charge in [-0.3, -0.25) is 14.4 Å². The van der Waals surface area contributed by atoms with Crippen LogP contribution in [0, 0.1) is 11.8 Å². The lowest BCUT2D eigenvalue weighted by Crippen LogP contribution is -2.52. The van der Waals surface area contributed by atoms with E-state index in [1.807, 2.05) is 27.7 Å². The van der Waals surface area contributed by atoms with E-state index in [2.05, 4.69) is 10.6 Å². The number of amides is 2. The molecule has 3 atom stereocenters. The number of carboxylic acid groups (broad SMARTS) is 2. The average Bonchev–Trinajstić information content (AvgIpc) is 2.85. The molecule has 2 rings (SSSR count). The van der Waals surface area contributed by atoms with Gasteiger partial charge in [0.2, 0.25) is 11.8 Å². The van der Waals surface area contributed by atoms with Gasteiger partial charge in [0.15, 0.2) is 0 Å². The summed E-state index contributed by atoms with van der Waals surface area (Å²) in [5.41, 5.74) is 6.87. The van der Waals surface area contributed by atoms with Crippen LogP contribution in [0.15, 0.2) is 48.5 Å².